The van der Waals surface area contributed by atoms with Crippen LogP contribution in [0.2, 0.25) is 0 Å². The van der Waals surface area contributed by atoms with Crippen molar-refractivity contribution in [2.24, 2.45) is 17.3 Å². The molecule has 342 valence electrons. The van der Waals surface area contributed by atoms with E-state index in [1.165, 1.54) is 11.0 Å². The molecule has 3 N–H and O–H groups in total. The predicted molar refractivity (Wildman–Crippen MR) is 234 cm³/mol. The first-order valence-corrected chi connectivity index (χ1v) is 24.2. The lowest BCUT2D eigenvalue weighted by Crippen LogP contribution is -2.60. The fourth-order valence-electron chi connectivity index (χ4n) is 9.52. The maximum absolute atomic E-state index is 14.9. The molecule has 63 heavy (non-hydrogen) atoms. The standard InChI is InChI=1S/C46H62N6O10S/c1-5-30-27-46(30,43(55)50-63(57,58)32-18-19-32)49-40(53)36-26-31-28-52(36)42(54)39(45(2,3)4)48-44(56)62-37-17-11-13-29(37)12-7-6-8-15-34-38(60-25-22-51-20-23-59-24-21-51)33-14-9-10-16-35(33)47-41(34)61-31/h5-6,8-10,14,16,29-32,36-37,39H,1,7,11-13,15,17-28H2,2-4H3,(H,48,56)(H,49,53)(H,50,55)/b8-6-/t29-,30-,31-,36+,37-,39-,46-/m1/s1. The van der Waals surface area contributed by atoms with E-state index in [1.807, 2.05) is 45.0 Å². The first-order valence-electron chi connectivity index (χ1n) is 22.6. The van der Waals surface area contributed by atoms with Gasteiger partial charge in [0.05, 0.1) is 36.1 Å². The van der Waals surface area contributed by atoms with Gasteiger partial charge in [-0.2, -0.15) is 0 Å². The van der Waals surface area contributed by atoms with Gasteiger partial charge in [0.15, 0.2) is 0 Å². The minimum Gasteiger partial charge on any atom is -0.491 e. The van der Waals surface area contributed by atoms with Crippen LogP contribution in [0.25, 0.3) is 10.9 Å². The summed E-state index contributed by atoms with van der Waals surface area (Å²) in [5.41, 5.74) is -0.998. The molecule has 0 radical (unpaired) electrons. The SMILES string of the molecule is C=C[C@@H]1C[C@]1(NC(=O)[C@@H]1C[C@@H]2CN1C(=O)[C@H](C(C)(C)C)NC(=O)O[C@@H]1CCC[C@H]1CC/C=C\Cc1c(nc3ccccc3c1OCCN1CCOCC1)O2)C(=O)NS(=O)(=O)C1CC1. The highest BCUT2D eigenvalue weighted by Crippen LogP contribution is 2.46. The van der Waals surface area contributed by atoms with Crippen LogP contribution in [0.15, 0.2) is 49.1 Å². The van der Waals surface area contributed by atoms with Crippen LogP contribution < -0.4 is 24.8 Å². The van der Waals surface area contributed by atoms with E-state index in [1.54, 1.807) is 0 Å². The number of fused-ring (bicyclic) bond motifs is 5. The van der Waals surface area contributed by atoms with Crippen molar-refractivity contribution in [2.45, 2.75) is 120 Å². The molecule has 6 aliphatic rings. The molecule has 16 nitrogen and oxygen atoms in total. The molecule has 3 aliphatic carbocycles. The predicted octanol–water partition coefficient (Wildman–Crippen LogP) is 4.17. The summed E-state index contributed by atoms with van der Waals surface area (Å²) in [7, 11) is -3.92. The van der Waals surface area contributed by atoms with Gasteiger partial charge in [-0.15, -0.1) is 6.58 Å². The Labute approximate surface area is 369 Å². The number of carbonyl (C=O) groups is 4. The largest absolute Gasteiger partial charge is 0.491 e. The van der Waals surface area contributed by atoms with E-state index in [-0.39, 0.29) is 31.4 Å². The lowest BCUT2D eigenvalue weighted by atomic mass is 9.85. The average molecular weight is 891 g/mol. The maximum Gasteiger partial charge on any atom is 0.408 e. The normalized spacial score (nSPS) is 30.0. The Morgan fingerprint density at radius 3 is 2.57 bits per heavy atom. The number of hydrogen-bond donors (Lipinski definition) is 3. The number of alkyl carbamates (subject to hydrolysis) is 1. The Balaban J connectivity index is 1.15. The molecular weight excluding hydrogens is 829 g/mol. The first-order chi connectivity index (χ1) is 30.2. The number of hydrogen-bond acceptors (Lipinski definition) is 12. The zero-order chi connectivity index (χ0) is 44.5. The molecule has 2 saturated heterocycles. The number of carbonyl (C=O) groups excluding carboxylic acids is 4. The van der Waals surface area contributed by atoms with Crippen LogP contribution in [0.5, 0.6) is 11.6 Å². The number of nitrogens with one attached hydrogen (secondary N) is 3. The van der Waals surface area contributed by atoms with Crippen LogP contribution in [-0.4, -0.2) is 128 Å². The number of rotatable bonds is 10. The summed E-state index contributed by atoms with van der Waals surface area (Å²) < 4.78 is 53.0. The third-order valence-electron chi connectivity index (χ3n) is 13.5. The second-order valence-electron chi connectivity index (χ2n) is 19.0. The molecule has 0 unspecified atom stereocenters. The number of aromatic nitrogens is 1. The number of para-hydroxylation sites is 1. The second-order valence-corrected chi connectivity index (χ2v) is 21.0. The summed E-state index contributed by atoms with van der Waals surface area (Å²) in [6.45, 7) is 13.4. The summed E-state index contributed by atoms with van der Waals surface area (Å²) in [4.78, 5) is 65.7. The molecule has 4 heterocycles. The zero-order valence-electron chi connectivity index (χ0n) is 36.6. The van der Waals surface area contributed by atoms with Gasteiger partial charge < -0.3 is 34.5 Å². The number of nitrogens with zero attached hydrogens (tertiary/aromatic N) is 3. The minimum absolute atomic E-state index is 0.0104. The quantitative estimate of drug-likeness (QED) is 0.289. The molecular formula is C46H62N6O10S. The van der Waals surface area contributed by atoms with Crippen molar-refractivity contribution in [1.82, 2.24) is 30.1 Å². The molecule has 4 amide bonds. The number of morpholine rings is 1. The Hall–Kier alpha value is -4.74. The highest BCUT2D eigenvalue weighted by Gasteiger charge is 2.62. The van der Waals surface area contributed by atoms with Gasteiger partial charge >= 0.3 is 6.09 Å². The number of ether oxygens (including phenoxy) is 4. The third kappa shape index (κ3) is 10.00. The van der Waals surface area contributed by atoms with Crippen molar-refractivity contribution >= 4 is 44.7 Å². The minimum atomic E-state index is -3.92. The van der Waals surface area contributed by atoms with Crippen LogP contribution in [-0.2, 0) is 40.3 Å². The van der Waals surface area contributed by atoms with E-state index in [0.717, 1.165) is 56.1 Å². The summed E-state index contributed by atoms with van der Waals surface area (Å²) in [6, 6.07) is 5.44. The molecule has 17 heteroatoms. The Morgan fingerprint density at radius 2 is 1.84 bits per heavy atom. The molecule has 2 aromatic rings. The van der Waals surface area contributed by atoms with Crippen molar-refractivity contribution in [3.63, 3.8) is 0 Å². The first kappa shape index (κ1) is 44.9. The molecule has 2 bridgehead atoms. The summed E-state index contributed by atoms with van der Waals surface area (Å²) in [6.07, 6.45) is 9.64. The fraction of sp³-hybridized carbons (Fsp3) is 0.630. The summed E-state index contributed by atoms with van der Waals surface area (Å²) >= 11 is 0. The number of amides is 4. The van der Waals surface area contributed by atoms with E-state index in [2.05, 4.69) is 39.0 Å². The molecule has 1 aromatic carbocycles. The van der Waals surface area contributed by atoms with Gasteiger partial charge in [-0.3, -0.25) is 24.0 Å². The third-order valence-corrected chi connectivity index (χ3v) is 15.3. The lowest BCUT2D eigenvalue weighted by Gasteiger charge is -2.35. The number of sulfonamides is 1. The average Bonchev–Trinajstić information content (AvgIpc) is 4.15. The van der Waals surface area contributed by atoms with E-state index in [9.17, 15) is 27.6 Å². The molecule has 3 aliphatic heterocycles. The van der Waals surface area contributed by atoms with Crippen molar-refractivity contribution < 1.29 is 46.5 Å². The van der Waals surface area contributed by atoms with Crippen molar-refractivity contribution in [3.8, 4) is 11.6 Å². The monoisotopic (exact) mass is 890 g/mol. The van der Waals surface area contributed by atoms with Crippen LogP contribution in [0.4, 0.5) is 4.79 Å². The Bertz CT molecular complexity index is 2220. The summed E-state index contributed by atoms with van der Waals surface area (Å²) in [5.74, 6) is -1.43. The second kappa shape index (κ2) is 18.4. The molecule has 3 saturated carbocycles. The molecule has 5 fully saturated rings. The van der Waals surface area contributed by atoms with Crippen LogP contribution in [0.3, 0.4) is 0 Å². The lowest BCUT2D eigenvalue weighted by molar-refractivity contribution is -0.143. The number of pyridine rings is 1. The van der Waals surface area contributed by atoms with Gasteiger partial charge in [-0.1, -0.05) is 51.1 Å². The maximum atomic E-state index is 14.9. The highest BCUT2D eigenvalue weighted by atomic mass is 32.2. The smallest absolute Gasteiger partial charge is 0.408 e. The van der Waals surface area contributed by atoms with Crippen molar-refractivity contribution in [2.75, 3.05) is 46.0 Å². The van der Waals surface area contributed by atoms with E-state index < -0.39 is 74.1 Å². The van der Waals surface area contributed by atoms with Gasteiger partial charge in [-0.05, 0) is 81.3 Å². The Kier molecular flexibility index (Phi) is 13.1. The van der Waals surface area contributed by atoms with Gasteiger partial charge in [-0.25, -0.2) is 18.2 Å². The van der Waals surface area contributed by atoms with Crippen molar-refractivity contribution in [3.05, 3.63) is 54.6 Å². The van der Waals surface area contributed by atoms with Gasteiger partial charge in [0.1, 0.15) is 42.2 Å². The molecule has 0 spiro atoms. The summed E-state index contributed by atoms with van der Waals surface area (Å²) in [5, 5.41) is 5.91. The van der Waals surface area contributed by atoms with Gasteiger partial charge in [0.2, 0.25) is 27.7 Å². The number of allylic oxidation sites excluding steroid dienone is 2. The highest BCUT2D eigenvalue weighted by molar-refractivity contribution is 7.91. The zero-order valence-corrected chi connectivity index (χ0v) is 37.5. The van der Waals surface area contributed by atoms with Gasteiger partial charge in [0.25, 0.3) is 5.91 Å². The molecule has 1 aromatic heterocycles. The van der Waals surface area contributed by atoms with Crippen LogP contribution >= 0.6 is 0 Å². The molecule has 7 atom stereocenters. The van der Waals surface area contributed by atoms with Crippen molar-refractivity contribution in [1.29, 1.82) is 0 Å². The van der Waals surface area contributed by atoms with E-state index >= 15 is 0 Å². The molecule has 8 rings (SSSR count). The number of benzene rings is 1. The van der Waals surface area contributed by atoms with Crippen LogP contribution in [0, 0.1) is 17.3 Å². The van der Waals surface area contributed by atoms with E-state index in [0.29, 0.717) is 62.8 Å². The van der Waals surface area contributed by atoms with E-state index in [4.69, 9.17) is 23.9 Å². The van der Waals surface area contributed by atoms with Crippen LogP contribution in [0.1, 0.15) is 84.1 Å². The fourth-order valence-corrected chi connectivity index (χ4v) is 10.9. The van der Waals surface area contributed by atoms with Gasteiger partial charge in [0, 0.05) is 37.4 Å². The topological polar surface area (TPSA) is 195 Å². The Morgan fingerprint density at radius 1 is 1.06 bits per heavy atom.